The molecule has 2 aliphatic rings. The molecule has 0 spiro atoms. The van der Waals surface area contributed by atoms with Gasteiger partial charge in [0.1, 0.15) is 6.10 Å². The second-order valence-electron chi connectivity index (χ2n) is 6.13. The lowest BCUT2D eigenvalue weighted by Gasteiger charge is -2.42. The van der Waals surface area contributed by atoms with Crippen LogP contribution in [0.2, 0.25) is 0 Å². The molecular formula is C16H23NO4. The summed E-state index contributed by atoms with van der Waals surface area (Å²) in [4.78, 5) is 12.5. The zero-order chi connectivity index (χ0) is 15.0. The molecule has 0 unspecified atom stereocenters. The number of ether oxygens (including phenoxy) is 2. The molecule has 1 N–H and O–H groups in total. The van der Waals surface area contributed by atoms with Gasteiger partial charge in [0.25, 0.3) is 0 Å². The number of hydrogen-bond acceptors (Lipinski definition) is 4. The molecule has 0 saturated carbocycles. The van der Waals surface area contributed by atoms with Gasteiger partial charge in [-0.05, 0) is 38.8 Å². The zero-order valence-corrected chi connectivity index (χ0v) is 12.6. The molecule has 0 aromatic carbocycles. The Labute approximate surface area is 124 Å². The Balaban J connectivity index is 1.67. The highest BCUT2D eigenvalue weighted by molar-refractivity contribution is 5.81. The minimum atomic E-state index is -0.534. The van der Waals surface area contributed by atoms with E-state index in [-0.39, 0.29) is 24.2 Å². The molecule has 0 aliphatic carbocycles. The van der Waals surface area contributed by atoms with Crippen LogP contribution in [0.25, 0.3) is 0 Å². The Morgan fingerprint density at radius 1 is 1.38 bits per heavy atom. The third kappa shape index (κ3) is 2.91. The SMILES string of the molecule is Cc1ccc(C)n1C(=O)C[C@H]1C[C@@H](O)[C@@H]2OCCC[C@H]2O1. The summed E-state index contributed by atoms with van der Waals surface area (Å²) in [5.41, 5.74) is 1.88. The average molecular weight is 293 g/mol. The minimum absolute atomic E-state index is 0.0300. The van der Waals surface area contributed by atoms with Gasteiger partial charge in [-0.2, -0.15) is 0 Å². The molecule has 5 nitrogen and oxygen atoms in total. The molecule has 5 heteroatoms. The number of carbonyl (C=O) groups is 1. The van der Waals surface area contributed by atoms with E-state index in [9.17, 15) is 9.90 Å². The summed E-state index contributed by atoms with van der Waals surface area (Å²) in [5, 5.41) is 10.2. The summed E-state index contributed by atoms with van der Waals surface area (Å²) < 4.78 is 13.3. The van der Waals surface area contributed by atoms with E-state index in [1.54, 1.807) is 4.57 Å². The fraction of sp³-hybridized carbons (Fsp3) is 0.688. The van der Waals surface area contributed by atoms with Crippen molar-refractivity contribution in [2.45, 2.75) is 63.9 Å². The monoisotopic (exact) mass is 293 g/mol. The van der Waals surface area contributed by atoms with E-state index in [4.69, 9.17) is 9.47 Å². The molecule has 1 aromatic rings. The first-order valence-electron chi connectivity index (χ1n) is 7.69. The number of carbonyl (C=O) groups excluding carboxylic acids is 1. The van der Waals surface area contributed by atoms with E-state index in [1.807, 2.05) is 26.0 Å². The molecule has 116 valence electrons. The van der Waals surface area contributed by atoms with Gasteiger partial charge in [-0.1, -0.05) is 0 Å². The van der Waals surface area contributed by atoms with Crippen molar-refractivity contribution in [2.75, 3.05) is 6.61 Å². The Morgan fingerprint density at radius 2 is 2.10 bits per heavy atom. The maximum absolute atomic E-state index is 12.5. The molecule has 4 atom stereocenters. The number of aromatic nitrogens is 1. The standard InChI is InChI=1S/C16H23NO4/c1-10-5-6-11(2)17(10)15(19)9-12-8-13(18)16-14(21-12)4-3-7-20-16/h5-6,12-14,16,18H,3-4,7-9H2,1-2H3/t12-,13-,14-,16+/m1/s1. The number of hydrogen-bond donors (Lipinski definition) is 1. The fourth-order valence-corrected chi connectivity index (χ4v) is 3.47. The smallest absolute Gasteiger partial charge is 0.233 e. The predicted octanol–water partition coefficient (Wildman–Crippen LogP) is 1.83. The molecular weight excluding hydrogens is 270 g/mol. The van der Waals surface area contributed by atoms with E-state index in [2.05, 4.69) is 0 Å². The van der Waals surface area contributed by atoms with Crippen LogP contribution in [0.15, 0.2) is 12.1 Å². The highest BCUT2D eigenvalue weighted by Gasteiger charge is 2.40. The van der Waals surface area contributed by atoms with Crippen molar-refractivity contribution in [3.63, 3.8) is 0 Å². The Hall–Kier alpha value is -1.17. The van der Waals surface area contributed by atoms with E-state index < -0.39 is 6.10 Å². The Morgan fingerprint density at radius 3 is 2.81 bits per heavy atom. The fourth-order valence-electron chi connectivity index (χ4n) is 3.47. The normalized spacial score (nSPS) is 32.7. The molecule has 2 saturated heterocycles. The van der Waals surface area contributed by atoms with Gasteiger partial charge in [0.2, 0.25) is 5.91 Å². The van der Waals surface area contributed by atoms with Crippen LogP contribution in [0.1, 0.15) is 41.9 Å². The van der Waals surface area contributed by atoms with Gasteiger partial charge >= 0.3 is 0 Å². The van der Waals surface area contributed by atoms with Crippen LogP contribution in [0, 0.1) is 13.8 Å². The Kier molecular flexibility index (Phi) is 4.15. The summed E-state index contributed by atoms with van der Waals surface area (Å²) >= 11 is 0. The lowest BCUT2D eigenvalue weighted by molar-refractivity contribution is -0.206. The van der Waals surface area contributed by atoms with Crippen LogP contribution in [0.3, 0.4) is 0 Å². The van der Waals surface area contributed by atoms with E-state index in [0.29, 0.717) is 19.4 Å². The first kappa shape index (κ1) is 14.8. The van der Waals surface area contributed by atoms with Gasteiger partial charge in [0.05, 0.1) is 24.7 Å². The van der Waals surface area contributed by atoms with Crippen LogP contribution in [-0.4, -0.2) is 46.6 Å². The minimum Gasteiger partial charge on any atom is -0.390 e. The molecule has 2 fully saturated rings. The van der Waals surface area contributed by atoms with Crippen molar-refractivity contribution in [1.29, 1.82) is 0 Å². The van der Waals surface area contributed by atoms with Crippen molar-refractivity contribution < 1.29 is 19.4 Å². The summed E-state index contributed by atoms with van der Waals surface area (Å²) in [6, 6.07) is 3.88. The zero-order valence-electron chi connectivity index (χ0n) is 12.6. The van der Waals surface area contributed by atoms with Crippen LogP contribution in [-0.2, 0) is 9.47 Å². The van der Waals surface area contributed by atoms with Crippen molar-refractivity contribution in [1.82, 2.24) is 4.57 Å². The van der Waals surface area contributed by atoms with Crippen LogP contribution >= 0.6 is 0 Å². The Bertz CT molecular complexity index is 505. The largest absolute Gasteiger partial charge is 0.390 e. The molecule has 3 heterocycles. The van der Waals surface area contributed by atoms with E-state index in [1.165, 1.54) is 0 Å². The lowest BCUT2D eigenvalue weighted by atomic mass is 9.92. The van der Waals surface area contributed by atoms with Crippen molar-refractivity contribution >= 4 is 5.91 Å². The second-order valence-corrected chi connectivity index (χ2v) is 6.13. The van der Waals surface area contributed by atoms with Crippen LogP contribution in [0.5, 0.6) is 0 Å². The summed E-state index contributed by atoms with van der Waals surface area (Å²) in [6.45, 7) is 4.53. The molecule has 3 rings (SSSR count). The third-order valence-electron chi connectivity index (χ3n) is 4.48. The van der Waals surface area contributed by atoms with Crippen LogP contribution < -0.4 is 0 Å². The first-order valence-corrected chi connectivity index (χ1v) is 7.69. The molecule has 0 radical (unpaired) electrons. The second kappa shape index (κ2) is 5.91. The van der Waals surface area contributed by atoms with E-state index in [0.717, 1.165) is 24.2 Å². The first-order chi connectivity index (χ1) is 10.1. The summed E-state index contributed by atoms with van der Waals surface area (Å²) in [7, 11) is 0. The lowest BCUT2D eigenvalue weighted by Crippen LogP contribution is -2.52. The topological polar surface area (TPSA) is 60.7 Å². The maximum atomic E-state index is 12.5. The highest BCUT2D eigenvalue weighted by Crippen LogP contribution is 2.30. The number of aliphatic hydroxyl groups excluding tert-OH is 1. The number of aliphatic hydroxyl groups is 1. The number of fused-ring (bicyclic) bond motifs is 1. The third-order valence-corrected chi connectivity index (χ3v) is 4.48. The predicted molar refractivity (Wildman–Crippen MR) is 77.4 cm³/mol. The maximum Gasteiger partial charge on any atom is 0.233 e. The summed E-state index contributed by atoms with van der Waals surface area (Å²) in [6.07, 6.45) is 1.55. The molecule has 1 aromatic heterocycles. The molecule has 2 aliphatic heterocycles. The van der Waals surface area contributed by atoms with Gasteiger partial charge in [-0.15, -0.1) is 0 Å². The quantitative estimate of drug-likeness (QED) is 0.904. The number of nitrogens with zero attached hydrogens (tertiary/aromatic N) is 1. The number of rotatable bonds is 2. The molecule has 0 bridgehead atoms. The van der Waals surface area contributed by atoms with Crippen molar-refractivity contribution in [3.05, 3.63) is 23.5 Å². The van der Waals surface area contributed by atoms with Gasteiger partial charge in [0, 0.05) is 24.4 Å². The van der Waals surface area contributed by atoms with Crippen molar-refractivity contribution in [3.8, 4) is 0 Å². The number of aryl methyl sites for hydroxylation is 2. The van der Waals surface area contributed by atoms with Gasteiger partial charge < -0.3 is 14.6 Å². The summed E-state index contributed by atoms with van der Waals surface area (Å²) in [5.74, 6) is 0.0300. The van der Waals surface area contributed by atoms with Crippen molar-refractivity contribution in [2.24, 2.45) is 0 Å². The van der Waals surface area contributed by atoms with Gasteiger partial charge in [-0.25, -0.2) is 0 Å². The van der Waals surface area contributed by atoms with Gasteiger partial charge in [-0.3, -0.25) is 9.36 Å². The van der Waals surface area contributed by atoms with Gasteiger partial charge in [0.15, 0.2) is 0 Å². The van der Waals surface area contributed by atoms with E-state index >= 15 is 0 Å². The molecule has 0 amide bonds. The van der Waals surface area contributed by atoms with Crippen LogP contribution in [0.4, 0.5) is 0 Å². The highest BCUT2D eigenvalue weighted by atomic mass is 16.6. The average Bonchev–Trinajstić information content (AvgIpc) is 2.78. The molecule has 21 heavy (non-hydrogen) atoms.